The van der Waals surface area contributed by atoms with Crippen LogP contribution in [0.5, 0.6) is 0 Å². The Balaban J connectivity index is 1.53. The van der Waals surface area contributed by atoms with Crippen molar-refractivity contribution in [1.82, 2.24) is 4.90 Å². The highest BCUT2D eigenvalue weighted by Crippen LogP contribution is 2.37. The number of morpholine rings is 1. The Hall–Kier alpha value is -0.690. The zero-order valence-corrected chi connectivity index (χ0v) is 12.3. The van der Waals surface area contributed by atoms with Gasteiger partial charge in [0.15, 0.2) is 0 Å². The van der Waals surface area contributed by atoms with Gasteiger partial charge >= 0.3 is 0 Å². The molecule has 4 aliphatic heterocycles. The molecule has 1 spiro atoms. The molecule has 4 unspecified atom stereocenters. The number of amides is 1. The van der Waals surface area contributed by atoms with Gasteiger partial charge in [-0.3, -0.25) is 4.79 Å². The highest BCUT2D eigenvalue weighted by Gasteiger charge is 2.51. The van der Waals surface area contributed by atoms with Gasteiger partial charge in [-0.25, -0.2) is 0 Å². The maximum absolute atomic E-state index is 13.1. The molecule has 6 heteroatoms. The summed E-state index contributed by atoms with van der Waals surface area (Å²) in [5.41, 5.74) is -0.262. The first-order valence-electron chi connectivity index (χ1n) is 7.96. The first kappa shape index (κ1) is 13.9. The molecule has 118 valence electrons. The molecule has 4 saturated heterocycles. The molecule has 4 atom stereocenters. The van der Waals surface area contributed by atoms with E-state index in [2.05, 4.69) is 0 Å². The molecule has 4 fully saturated rings. The lowest BCUT2D eigenvalue weighted by Gasteiger charge is -2.45. The number of hydrogen-bond acceptors (Lipinski definition) is 5. The number of rotatable bonds is 1. The average Bonchev–Trinajstić information content (AvgIpc) is 3.14. The second-order valence-electron chi connectivity index (χ2n) is 6.61. The Morgan fingerprint density at radius 3 is 2.76 bits per heavy atom. The molecule has 0 aromatic rings. The van der Waals surface area contributed by atoms with E-state index >= 15 is 0 Å². The quantitative estimate of drug-likeness (QED) is 0.685. The molecule has 21 heavy (non-hydrogen) atoms. The van der Waals surface area contributed by atoms with E-state index in [0.717, 1.165) is 26.1 Å². The van der Waals surface area contributed by atoms with Gasteiger partial charge in [-0.1, -0.05) is 0 Å². The van der Waals surface area contributed by atoms with Crippen LogP contribution in [-0.4, -0.2) is 75.2 Å². The van der Waals surface area contributed by atoms with Crippen molar-refractivity contribution in [3.8, 4) is 0 Å². The van der Waals surface area contributed by atoms with E-state index in [9.17, 15) is 4.79 Å². The summed E-state index contributed by atoms with van der Waals surface area (Å²) in [4.78, 5) is 15.1. The van der Waals surface area contributed by atoms with E-state index in [1.54, 1.807) is 0 Å². The lowest BCUT2D eigenvalue weighted by atomic mass is 9.85. The second-order valence-corrected chi connectivity index (χ2v) is 6.61. The number of carbonyl (C=O) groups excluding carboxylic acids is 1. The smallest absolute Gasteiger partial charge is 0.252 e. The molecule has 0 aliphatic carbocycles. The zero-order chi connectivity index (χ0) is 14.3. The van der Waals surface area contributed by atoms with Crippen LogP contribution in [0.25, 0.3) is 0 Å². The van der Waals surface area contributed by atoms with E-state index < -0.39 is 0 Å². The fraction of sp³-hybridized carbons (Fsp3) is 0.933. The Morgan fingerprint density at radius 2 is 1.90 bits per heavy atom. The molecule has 0 radical (unpaired) electrons. The van der Waals surface area contributed by atoms with Crippen LogP contribution in [0.3, 0.4) is 0 Å². The monoisotopic (exact) mass is 297 g/mol. The van der Waals surface area contributed by atoms with Gasteiger partial charge in [-0.05, 0) is 12.8 Å². The molecule has 4 rings (SSSR count). The molecule has 0 aromatic heterocycles. The normalized spacial score (nSPS) is 43.2. The van der Waals surface area contributed by atoms with Crippen LogP contribution in [0.4, 0.5) is 0 Å². The molecule has 4 heterocycles. The standard InChI is InChI=1S/C15H23NO5/c17-14(13-12-1-4-18-7-11(12)8-21-13)16-3-6-20-10-15(16)2-5-19-9-15/h11-13H,1-10H2. The Kier molecular flexibility index (Phi) is 3.65. The summed E-state index contributed by atoms with van der Waals surface area (Å²) >= 11 is 0. The third-order valence-electron chi connectivity index (χ3n) is 5.41. The number of carbonyl (C=O) groups is 1. The second kappa shape index (κ2) is 5.50. The molecule has 0 aromatic carbocycles. The van der Waals surface area contributed by atoms with Gasteiger partial charge in [0.25, 0.3) is 5.91 Å². The minimum Gasteiger partial charge on any atom is -0.381 e. The summed E-state index contributed by atoms with van der Waals surface area (Å²) in [6.45, 7) is 5.25. The highest BCUT2D eigenvalue weighted by molar-refractivity contribution is 5.82. The third-order valence-corrected chi connectivity index (χ3v) is 5.41. The van der Waals surface area contributed by atoms with Crippen LogP contribution in [0.1, 0.15) is 12.8 Å². The topological polar surface area (TPSA) is 57.2 Å². The molecular weight excluding hydrogens is 274 g/mol. The number of ether oxygens (including phenoxy) is 4. The Bertz CT molecular complexity index is 409. The van der Waals surface area contributed by atoms with E-state index in [4.69, 9.17) is 18.9 Å². The van der Waals surface area contributed by atoms with E-state index in [-0.39, 0.29) is 17.6 Å². The van der Waals surface area contributed by atoms with Crippen LogP contribution in [0.2, 0.25) is 0 Å². The summed E-state index contributed by atoms with van der Waals surface area (Å²) in [6.07, 6.45) is 1.49. The fourth-order valence-electron chi connectivity index (χ4n) is 4.14. The highest BCUT2D eigenvalue weighted by atomic mass is 16.5. The largest absolute Gasteiger partial charge is 0.381 e. The van der Waals surface area contributed by atoms with Gasteiger partial charge in [-0.2, -0.15) is 0 Å². The lowest BCUT2D eigenvalue weighted by molar-refractivity contribution is -0.161. The molecule has 0 N–H and O–H groups in total. The summed E-state index contributed by atoms with van der Waals surface area (Å²) in [6, 6.07) is 0. The number of hydrogen-bond donors (Lipinski definition) is 0. The lowest BCUT2D eigenvalue weighted by Crippen LogP contribution is -2.62. The maximum atomic E-state index is 13.1. The molecule has 0 bridgehead atoms. The van der Waals surface area contributed by atoms with Gasteiger partial charge in [0.1, 0.15) is 6.10 Å². The summed E-state index contributed by atoms with van der Waals surface area (Å²) in [7, 11) is 0. The SMILES string of the molecule is O=C(C1OCC2COCCC21)N1CCOCC12CCOC2. The van der Waals surface area contributed by atoms with Gasteiger partial charge < -0.3 is 23.8 Å². The minimum absolute atomic E-state index is 0.137. The van der Waals surface area contributed by atoms with Crippen molar-refractivity contribution in [2.75, 3.05) is 52.8 Å². The molecular formula is C15H23NO5. The Morgan fingerprint density at radius 1 is 1.05 bits per heavy atom. The van der Waals surface area contributed by atoms with Crippen molar-refractivity contribution in [2.24, 2.45) is 11.8 Å². The van der Waals surface area contributed by atoms with Gasteiger partial charge in [-0.15, -0.1) is 0 Å². The predicted octanol–water partition coefficient (Wildman–Crippen LogP) is 0.0558. The molecule has 1 amide bonds. The molecule has 4 aliphatic rings. The van der Waals surface area contributed by atoms with Crippen molar-refractivity contribution in [2.45, 2.75) is 24.5 Å². The molecule has 0 saturated carbocycles. The summed E-state index contributed by atoms with van der Waals surface area (Å²) in [5, 5.41) is 0. The van der Waals surface area contributed by atoms with Gasteiger partial charge in [0, 0.05) is 31.6 Å². The number of fused-ring (bicyclic) bond motifs is 1. The van der Waals surface area contributed by atoms with Crippen molar-refractivity contribution in [1.29, 1.82) is 0 Å². The minimum atomic E-state index is -0.297. The number of nitrogens with zero attached hydrogens (tertiary/aromatic N) is 1. The van der Waals surface area contributed by atoms with Gasteiger partial charge in [0.05, 0.1) is 38.6 Å². The van der Waals surface area contributed by atoms with Crippen molar-refractivity contribution >= 4 is 5.91 Å². The first-order chi connectivity index (χ1) is 10.3. The summed E-state index contributed by atoms with van der Waals surface area (Å²) in [5.74, 6) is 0.830. The van der Waals surface area contributed by atoms with Crippen molar-refractivity contribution in [3.05, 3.63) is 0 Å². The van der Waals surface area contributed by atoms with Crippen LogP contribution in [0, 0.1) is 11.8 Å². The van der Waals surface area contributed by atoms with E-state index in [1.165, 1.54) is 0 Å². The van der Waals surface area contributed by atoms with Gasteiger partial charge in [0.2, 0.25) is 0 Å². The average molecular weight is 297 g/mol. The van der Waals surface area contributed by atoms with Crippen LogP contribution >= 0.6 is 0 Å². The fourth-order valence-corrected chi connectivity index (χ4v) is 4.14. The maximum Gasteiger partial charge on any atom is 0.252 e. The third kappa shape index (κ3) is 2.29. The van der Waals surface area contributed by atoms with Crippen LogP contribution < -0.4 is 0 Å². The van der Waals surface area contributed by atoms with Crippen molar-refractivity contribution < 1.29 is 23.7 Å². The zero-order valence-electron chi connectivity index (χ0n) is 12.3. The Labute approximate surface area is 124 Å². The molecule has 6 nitrogen and oxygen atoms in total. The first-order valence-corrected chi connectivity index (χ1v) is 7.96. The predicted molar refractivity (Wildman–Crippen MR) is 72.9 cm³/mol. The van der Waals surface area contributed by atoms with Crippen molar-refractivity contribution in [3.63, 3.8) is 0 Å². The summed E-state index contributed by atoms with van der Waals surface area (Å²) < 4.78 is 22.5. The van der Waals surface area contributed by atoms with Crippen LogP contribution in [-0.2, 0) is 23.7 Å². The van der Waals surface area contributed by atoms with E-state index in [1.807, 2.05) is 4.90 Å². The van der Waals surface area contributed by atoms with E-state index in [0.29, 0.717) is 51.4 Å². The van der Waals surface area contributed by atoms with Crippen LogP contribution in [0.15, 0.2) is 0 Å².